The number of aromatic nitrogens is 5. The number of halogens is 1. The molecule has 0 aliphatic carbocycles. The second-order valence-corrected chi connectivity index (χ2v) is 5.41. The molecule has 4 aromatic rings. The van der Waals surface area contributed by atoms with Crippen LogP contribution in [0.3, 0.4) is 0 Å². The van der Waals surface area contributed by atoms with Gasteiger partial charge in [-0.25, -0.2) is 19.3 Å². The smallest absolute Gasteiger partial charge is 0.197 e. The van der Waals surface area contributed by atoms with Crippen molar-refractivity contribution < 1.29 is 9.60 Å². The van der Waals surface area contributed by atoms with Gasteiger partial charge in [-0.3, -0.25) is 4.98 Å². The van der Waals surface area contributed by atoms with Crippen LogP contribution in [0.1, 0.15) is 5.56 Å². The first-order chi connectivity index (χ1) is 12.2. The van der Waals surface area contributed by atoms with Crippen molar-refractivity contribution in [1.29, 1.82) is 0 Å². The first-order valence-electron chi connectivity index (χ1n) is 7.48. The van der Waals surface area contributed by atoms with Gasteiger partial charge < -0.3 is 10.9 Å². The average molecular weight is 336 g/mol. The molecule has 0 atom stereocenters. The molecule has 0 amide bonds. The number of rotatable bonds is 3. The predicted molar refractivity (Wildman–Crippen MR) is 90.4 cm³/mol. The topological polar surface area (TPSA) is 103 Å². The number of nitrogens with zero attached hydrogens (tertiary/aromatic N) is 5. The van der Waals surface area contributed by atoms with Gasteiger partial charge in [-0.1, -0.05) is 6.07 Å². The van der Waals surface area contributed by atoms with E-state index < -0.39 is 6.67 Å². The average Bonchev–Trinajstić information content (AvgIpc) is 2.98. The summed E-state index contributed by atoms with van der Waals surface area (Å²) < 4.78 is 13.5. The zero-order valence-corrected chi connectivity index (χ0v) is 13.0. The Hall–Kier alpha value is -3.55. The number of nitrogen functional groups attached to an aromatic ring is 1. The molecule has 7 nitrogen and oxygen atoms in total. The van der Waals surface area contributed by atoms with Crippen LogP contribution in [0, 0.1) is 0 Å². The molecule has 0 aliphatic heterocycles. The van der Waals surface area contributed by atoms with Gasteiger partial charge >= 0.3 is 0 Å². The minimum atomic E-state index is -0.570. The molecular weight excluding hydrogens is 323 g/mol. The first-order valence-corrected chi connectivity index (χ1v) is 7.48. The van der Waals surface area contributed by atoms with E-state index in [4.69, 9.17) is 5.73 Å². The second kappa shape index (κ2) is 5.82. The van der Waals surface area contributed by atoms with Crippen LogP contribution in [0.25, 0.3) is 33.9 Å². The summed E-state index contributed by atoms with van der Waals surface area (Å²) in [5.74, 6) is 0.516. The maximum absolute atomic E-state index is 12.6. The van der Waals surface area contributed by atoms with E-state index in [-0.39, 0.29) is 17.3 Å². The summed E-state index contributed by atoms with van der Waals surface area (Å²) in [6.45, 7) is -0.570. The predicted octanol–water partition coefficient (Wildman–Crippen LogP) is 2.84. The minimum absolute atomic E-state index is 0.256. The van der Waals surface area contributed by atoms with E-state index in [9.17, 15) is 9.60 Å². The fourth-order valence-corrected chi connectivity index (χ4v) is 2.52. The van der Waals surface area contributed by atoms with E-state index >= 15 is 0 Å². The Labute approximate surface area is 141 Å². The number of nitrogens with two attached hydrogens (primary N) is 1. The molecule has 0 aliphatic rings. The van der Waals surface area contributed by atoms with Crippen molar-refractivity contribution in [2.45, 2.75) is 6.67 Å². The van der Waals surface area contributed by atoms with Crippen LogP contribution in [0.4, 0.5) is 10.2 Å². The third kappa shape index (κ3) is 2.53. The van der Waals surface area contributed by atoms with Crippen molar-refractivity contribution in [2.24, 2.45) is 0 Å². The van der Waals surface area contributed by atoms with Crippen molar-refractivity contribution in [3.8, 4) is 22.8 Å². The molecule has 0 saturated carbocycles. The number of hydrogen-bond donors (Lipinski definition) is 2. The molecule has 0 spiro atoms. The molecule has 124 valence electrons. The lowest BCUT2D eigenvalue weighted by Gasteiger charge is -2.03. The molecular formula is C17H13FN6O. The van der Waals surface area contributed by atoms with Crippen molar-refractivity contribution >= 4 is 17.0 Å². The Bertz CT molecular complexity index is 1060. The summed E-state index contributed by atoms with van der Waals surface area (Å²) in [4.78, 5) is 17.0. The van der Waals surface area contributed by atoms with Crippen LogP contribution >= 0.6 is 0 Å². The summed E-state index contributed by atoms with van der Waals surface area (Å²) in [5, 5.41) is 10.5. The van der Waals surface area contributed by atoms with Gasteiger partial charge in [0.1, 0.15) is 18.0 Å². The van der Waals surface area contributed by atoms with Crippen LogP contribution < -0.4 is 5.73 Å². The highest BCUT2D eigenvalue weighted by Crippen LogP contribution is 2.27. The maximum atomic E-state index is 12.6. The highest BCUT2D eigenvalue weighted by atomic mass is 19.1. The summed E-state index contributed by atoms with van der Waals surface area (Å²) in [7, 11) is 0. The van der Waals surface area contributed by atoms with Gasteiger partial charge in [-0.05, 0) is 30.3 Å². The largest absolute Gasteiger partial charge is 0.425 e. The second-order valence-electron chi connectivity index (χ2n) is 5.41. The zero-order valence-electron chi connectivity index (χ0n) is 13.0. The van der Waals surface area contributed by atoms with Gasteiger partial charge in [0.25, 0.3) is 0 Å². The molecule has 8 heteroatoms. The SMILES string of the molecule is Nc1ncccc1-c1nc2ccc(-c3ccc(CF)cn3)nc2n1O. The summed E-state index contributed by atoms with van der Waals surface area (Å²) in [6.07, 6.45) is 3.02. The molecule has 25 heavy (non-hydrogen) atoms. The van der Waals surface area contributed by atoms with Gasteiger partial charge in [0, 0.05) is 18.0 Å². The van der Waals surface area contributed by atoms with E-state index in [1.54, 1.807) is 42.6 Å². The lowest BCUT2D eigenvalue weighted by atomic mass is 10.2. The van der Waals surface area contributed by atoms with Crippen molar-refractivity contribution in [2.75, 3.05) is 5.73 Å². The van der Waals surface area contributed by atoms with E-state index in [0.29, 0.717) is 28.0 Å². The highest BCUT2D eigenvalue weighted by Gasteiger charge is 2.16. The molecule has 4 aromatic heterocycles. The zero-order chi connectivity index (χ0) is 17.4. The third-order valence-electron chi connectivity index (χ3n) is 3.80. The van der Waals surface area contributed by atoms with E-state index in [2.05, 4.69) is 19.9 Å². The molecule has 4 rings (SSSR count). The van der Waals surface area contributed by atoms with Gasteiger partial charge in [-0.15, -0.1) is 4.73 Å². The minimum Gasteiger partial charge on any atom is -0.425 e. The summed E-state index contributed by atoms with van der Waals surface area (Å²) in [5.41, 5.74) is 8.74. The van der Waals surface area contributed by atoms with Crippen molar-refractivity contribution in [3.63, 3.8) is 0 Å². The molecule has 4 heterocycles. The van der Waals surface area contributed by atoms with Crippen LogP contribution in [0.15, 0.2) is 48.8 Å². The number of fused-ring (bicyclic) bond motifs is 1. The third-order valence-corrected chi connectivity index (χ3v) is 3.80. The van der Waals surface area contributed by atoms with Gasteiger partial charge in [-0.2, -0.15) is 0 Å². The molecule has 0 radical (unpaired) electrons. The summed E-state index contributed by atoms with van der Waals surface area (Å²) >= 11 is 0. The first kappa shape index (κ1) is 15.0. The molecule has 0 fully saturated rings. The van der Waals surface area contributed by atoms with Gasteiger partial charge in [0.15, 0.2) is 11.5 Å². The Morgan fingerprint density at radius 2 is 1.88 bits per heavy atom. The van der Waals surface area contributed by atoms with Gasteiger partial charge in [0.05, 0.1) is 17.0 Å². The summed E-state index contributed by atoms with van der Waals surface area (Å²) in [6, 6.07) is 10.2. The normalized spacial score (nSPS) is 11.1. The van der Waals surface area contributed by atoms with Crippen LogP contribution in [-0.4, -0.2) is 29.9 Å². The fourth-order valence-electron chi connectivity index (χ4n) is 2.52. The van der Waals surface area contributed by atoms with Crippen molar-refractivity contribution in [1.82, 2.24) is 24.7 Å². The molecule has 0 aromatic carbocycles. The Balaban J connectivity index is 1.83. The van der Waals surface area contributed by atoms with Crippen LogP contribution in [-0.2, 0) is 6.67 Å². The molecule has 0 saturated heterocycles. The number of anilines is 1. The molecule has 0 unspecified atom stereocenters. The van der Waals surface area contributed by atoms with E-state index in [1.165, 1.54) is 6.20 Å². The lowest BCUT2D eigenvalue weighted by molar-refractivity contribution is 0.201. The maximum Gasteiger partial charge on any atom is 0.197 e. The number of imidazole rings is 1. The standard InChI is InChI=1S/C17H13FN6O/c18-8-10-3-4-12(21-9-10)13-5-6-14-17(22-13)24(25)16(23-14)11-2-1-7-20-15(11)19/h1-7,9,25H,8H2,(H2,19,20). The van der Waals surface area contributed by atoms with Crippen LogP contribution in [0.5, 0.6) is 0 Å². The van der Waals surface area contributed by atoms with E-state index in [1.807, 2.05) is 0 Å². The number of alkyl halides is 1. The Morgan fingerprint density at radius 1 is 1.04 bits per heavy atom. The monoisotopic (exact) mass is 336 g/mol. The molecule has 0 bridgehead atoms. The van der Waals surface area contributed by atoms with Crippen molar-refractivity contribution in [3.05, 3.63) is 54.4 Å². The lowest BCUT2D eigenvalue weighted by Crippen LogP contribution is -2.00. The molecule has 3 N–H and O–H groups in total. The highest BCUT2D eigenvalue weighted by molar-refractivity contribution is 5.81. The van der Waals surface area contributed by atoms with Gasteiger partial charge in [0.2, 0.25) is 0 Å². The van der Waals surface area contributed by atoms with Crippen LogP contribution in [0.2, 0.25) is 0 Å². The quantitative estimate of drug-likeness (QED) is 0.558. The number of hydrogen-bond acceptors (Lipinski definition) is 6. The Morgan fingerprint density at radius 3 is 2.60 bits per heavy atom. The number of pyridine rings is 3. The van der Waals surface area contributed by atoms with E-state index in [0.717, 1.165) is 4.73 Å². The Kier molecular flexibility index (Phi) is 3.50. The fraction of sp³-hybridized carbons (Fsp3) is 0.0588.